The summed E-state index contributed by atoms with van der Waals surface area (Å²) in [5.74, 6) is 3.62. The number of likely N-dealkylation sites (tertiary alicyclic amines) is 1. The number of aryl methyl sites for hydroxylation is 1. The van der Waals surface area contributed by atoms with E-state index in [1.165, 1.54) is 19.5 Å². The second-order valence-corrected chi connectivity index (χ2v) is 6.29. The molecule has 118 valence electrons. The fraction of sp³-hybridized carbons (Fsp3) is 0.750. The first-order chi connectivity index (χ1) is 10.0. The number of nitrogens with one attached hydrogen (secondary N) is 1. The van der Waals surface area contributed by atoms with E-state index in [0.29, 0.717) is 0 Å². The van der Waals surface area contributed by atoms with Crippen LogP contribution in [0.1, 0.15) is 31.2 Å². The molecule has 0 saturated carbocycles. The largest absolute Gasteiger partial charge is 0.370 e. The Morgan fingerprint density at radius 1 is 1.33 bits per heavy atom. The maximum atomic E-state index is 4.66. The fourth-order valence-corrected chi connectivity index (χ4v) is 3.05. The Morgan fingerprint density at radius 2 is 2.10 bits per heavy atom. The molecular formula is C16H29N5. The summed E-state index contributed by atoms with van der Waals surface area (Å²) in [6, 6.07) is 0. The zero-order chi connectivity index (χ0) is 15.4. The van der Waals surface area contributed by atoms with Gasteiger partial charge in [-0.25, -0.2) is 9.97 Å². The van der Waals surface area contributed by atoms with Gasteiger partial charge in [-0.05, 0) is 46.2 Å². The second kappa shape index (κ2) is 7.07. The van der Waals surface area contributed by atoms with Gasteiger partial charge in [0.2, 0.25) is 0 Å². The number of rotatable bonds is 6. The van der Waals surface area contributed by atoms with E-state index >= 15 is 0 Å². The molecule has 1 aliphatic heterocycles. The molecule has 2 heterocycles. The van der Waals surface area contributed by atoms with Crippen LogP contribution in [0.5, 0.6) is 0 Å². The van der Waals surface area contributed by atoms with Gasteiger partial charge in [0, 0.05) is 32.2 Å². The highest BCUT2D eigenvalue weighted by atomic mass is 15.2. The van der Waals surface area contributed by atoms with Crippen LogP contribution in [0, 0.1) is 19.8 Å². The molecule has 1 fully saturated rings. The van der Waals surface area contributed by atoms with Gasteiger partial charge in [0.05, 0.1) is 0 Å². The summed E-state index contributed by atoms with van der Waals surface area (Å²) in [7, 11) is 4.35. The molecular weight excluding hydrogens is 262 g/mol. The Kier molecular flexibility index (Phi) is 5.39. The van der Waals surface area contributed by atoms with Gasteiger partial charge in [0.25, 0.3) is 0 Å². The minimum atomic E-state index is 0.738. The van der Waals surface area contributed by atoms with Crippen molar-refractivity contribution in [1.82, 2.24) is 14.9 Å². The third-order valence-electron chi connectivity index (χ3n) is 4.16. The van der Waals surface area contributed by atoms with E-state index in [2.05, 4.69) is 53.0 Å². The second-order valence-electron chi connectivity index (χ2n) is 6.29. The quantitative estimate of drug-likeness (QED) is 0.871. The van der Waals surface area contributed by atoms with Crippen LogP contribution in [0.2, 0.25) is 0 Å². The van der Waals surface area contributed by atoms with Crippen molar-refractivity contribution in [2.45, 2.75) is 33.6 Å². The average molecular weight is 291 g/mol. The molecule has 1 saturated heterocycles. The molecule has 1 aromatic rings. The fourth-order valence-electron chi connectivity index (χ4n) is 3.05. The highest BCUT2D eigenvalue weighted by molar-refractivity contribution is 5.58. The minimum absolute atomic E-state index is 0.738. The Bertz CT molecular complexity index is 474. The first-order valence-corrected chi connectivity index (χ1v) is 8.00. The standard InChI is InChI=1S/C16H29N5/c1-6-8-17-15-12(2)16(19-13(3)18-15)21(5)11-14-7-9-20(4)10-14/h14H,6-11H2,1-5H3,(H,17,18,19). The lowest BCUT2D eigenvalue weighted by atomic mass is 10.1. The maximum absolute atomic E-state index is 4.66. The molecule has 1 N–H and O–H groups in total. The summed E-state index contributed by atoms with van der Waals surface area (Å²) < 4.78 is 0. The molecule has 0 spiro atoms. The SMILES string of the molecule is CCCNc1nc(C)nc(N(C)CC2CCN(C)C2)c1C. The van der Waals surface area contributed by atoms with Gasteiger partial charge in [-0.1, -0.05) is 6.92 Å². The van der Waals surface area contributed by atoms with E-state index in [0.717, 1.165) is 48.5 Å². The van der Waals surface area contributed by atoms with E-state index in [1.54, 1.807) is 0 Å². The van der Waals surface area contributed by atoms with Gasteiger partial charge >= 0.3 is 0 Å². The number of hydrogen-bond donors (Lipinski definition) is 1. The number of hydrogen-bond acceptors (Lipinski definition) is 5. The van der Waals surface area contributed by atoms with Crippen molar-refractivity contribution in [2.75, 3.05) is 50.5 Å². The summed E-state index contributed by atoms with van der Waals surface area (Å²) in [5.41, 5.74) is 1.16. The lowest BCUT2D eigenvalue weighted by Crippen LogP contribution is -2.29. The van der Waals surface area contributed by atoms with Gasteiger partial charge in [0.1, 0.15) is 17.5 Å². The molecule has 1 atom stereocenters. The topological polar surface area (TPSA) is 44.3 Å². The van der Waals surface area contributed by atoms with Crippen molar-refractivity contribution in [1.29, 1.82) is 0 Å². The van der Waals surface area contributed by atoms with Crippen molar-refractivity contribution in [3.63, 3.8) is 0 Å². The van der Waals surface area contributed by atoms with Crippen LogP contribution in [0.4, 0.5) is 11.6 Å². The maximum Gasteiger partial charge on any atom is 0.137 e. The predicted octanol–water partition coefficient (Wildman–Crippen LogP) is 2.30. The van der Waals surface area contributed by atoms with E-state index in [1.807, 2.05) is 6.92 Å². The zero-order valence-electron chi connectivity index (χ0n) is 14.1. The van der Waals surface area contributed by atoms with Crippen LogP contribution in [-0.2, 0) is 0 Å². The summed E-state index contributed by atoms with van der Waals surface area (Å²) >= 11 is 0. The number of nitrogens with zero attached hydrogens (tertiary/aromatic N) is 4. The summed E-state index contributed by atoms with van der Waals surface area (Å²) in [5, 5.41) is 3.41. The lowest BCUT2D eigenvalue weighted by Gasteiger charge is -2.25. The molecule has 1 aromatic heterocycles. The molecule has 5 nitrogen and oxygen atoms in total. The first kappa shape index (κ1) is 16.0. The third-order valence-corrected chi connectivity index (χ3v) is 4.16. The van der Waals surface area contributed by atoms with Gasteiger partial charge in [-0.3, -0.25) is 0 Å². The minimum Gasteiger partial charge on any atom is -0.370 e. The summed E-state index contributed by atoms with van der Waals surface area (Å²) in [4.78, 5) is 13.9. The van der Waals surface area contributed by atoms with Crippen LogP contribution in [0.25, 0.3) is 0 Å². The molecule has 1 unspecified atom stereocenters. The summed E-state index contributed by atoms with van der Waals surface area (Å²) in [6.07, 6.45) is 2.38. The zero-order valence-corrected chi connectivity index (χ0v) is 14.1. The molecule has 0 radical (unpaired) electrons. The first-order valence-electron chi connectivity index (χ1n) is 8.00. The predicted molar refractivity (Wildman–Crippen MR) is 89.2 cm³/mol. The van der Waals surface area contributed by atoms with E-state index in [-0.39, 0.29) is 0 Å². The Hall–Kier alpha value is -1.36. The molecule has 0 amide bonds. The van der Waals surface area contributed by atoms with Gasteiger partial charge < -0.3 is 15.1 Å². The van der Waals surface area contributed by atoms with Crippen LogP contribution >= 0.6 is 0 Å². The molecule has 21 heavy (non-hydrogen) atoms. The molecule has 0 aliphatic carbocycles. The van der Waals surface area contributed by atoms with Crippen molar-refractivity contribution in [3.8, 4) is 0 Å². The van der Waals surface area contributed by atoms with Gasteiger partial charge in [-0.2, -0.15) is 0 Å². The smallest absolute Gasteiger partial charge is 0.137 e. The van der Waals surface area contributed by atoms with Crippen molar-refractivity contribution in [2.24, 2.45) is 5.92 Å². The van der Waals surface area contributed by atoms with Crippen LogP contribution in [-0.4, -0.2) is 55.1 Å². The van der Waals surface area contributed by atoms with E-state index in [9.17, 15) is 0 Å². The highest BCUT2D eigenvalue weighted by Gasteiger charge is 2.22. The molecule has 0 bridgehead atoms. The number of anilines is 2. The van der Waals surface area contributed by atoms with Crippen molar-refractivity contribution < 1.29 is 0 Å². The van der Waals surface area contributed by atoms with Crippen LogP contribution < -0.4 is 10.2 Å². The lowest BCUT2D eigenvalue weighted by molar-refractivity contribution is 0.395. The van der Waals surface area contributed by atoms with Gasteiger partial charge in [0.15, 0.2) is 0 Å². The van der Waals surface area contributed by atoms with Crippen molar-refractivity contribution in [3.05, 3.63) is 11.4 Å². The van der Waals surface area contributed by atoms with Crippen LogP contribution in [0.15, 0.2) is 0 Å². The van der Waals surface area contributed by atoms with E-state index < -0.39 is 0 Å². The Labute approximate surface area is 128 Å². The highest BCUT2D eigenvalue weighted by Crippen LogP contribution is 2.25. The monoisotopic (exact) mass is 291 g/mol. The molecule has 0 aromatic carbocycles. The van der Waals surface area contributed by atoms with Crippen LogP contribution in [0.3, 0.4) is 0 Å². The Balaban J connectivity index is 2.12. The van der Waals surface area contributed by atoms with E-state index in [4.69, 9.17) is 0 Å². The molecule has 2 rings (SSSR count). The Morgan fingerprint density at radius 3 is 2.71 bits per heavy atom. The van der Waals surface area contributed by atoms with Gasteiger partial charge in [-0.15, -0.1) is 0 Å². The van der Waals surface area contributed by atoms with Crippen molar-refractivity contribution >= 4 is 11.6 Å². The summed E-state index contributed by atoms with van der Waals surface area (Å²) in [6.45, 7) is 10.7. The molecule has 1 aliphatic rings. The normalized spacial score (nSPS) is 19.0. The third kappa shape index (κ3) is 4.06. The average Bonchev–Trinajstić information content (AvgIpc) is 2.84. The molecule has 5 heteroatoms. The number of aromatic nitrogens is 2.